The lowest BCUT2D eigenvalue weighted by atomic mass is 10.1. The molecule has 0 spiro atoms. The number of pyridine rings is 1. The molecule has 3 rings (SSSR count). The average Bonchev–Trinajstić information content (AvgIpc) is 2.63. The molecular formula is C10H6Cl2N4. The number of anilines is 1. The summed E-state index contributed by atoms with van der Waals surface area (Å²) in [4.78, 5) is 4.24. The molecule has 2 heterocycles. The second-order valence-corrected chi connectivity index (χ2v) is 4.22. The van der Waals surface area contributed by atoms with Gasteiger partial charge in [-0.1, -0.05) is 23.2 Å². The molecule has 0 atom stereocenters. The molecule has 0 bridgehead atoms. The smallest absolute Gasteiger partial charge is 0.156 e. The van der Waals surface area contributed by atoms with Gasteiger partial charge in [0.15, 0.2) is 5.82 Å². The van der Waals surface area contributed by atoms with Crippen LogP contribution in [0.25, 0.3) is 21.8 Å². The number of aromatic nitrogens is 3. The van der Waals surface area contributed by atoms with Crippen LogP contribution in [0.15, 0.2) is 18.2 Å². The fourth-order valence-electron chi connectivity index (χ4n) is 1.73. The van der Waals surface area contributed by atoms with Crippen LogP contribution in [0.5, 0.6) is 0 Å². The Bertz CT molecular complexity index is 705. The third kappa shape index (κ3) is 1.24. The molecule has 1 aromatic carbocycles. The SMILES string of the molecule is Nc1n[nH]c2c1c(Cl)nc1ccc(Cl)cc12. The molecule has 80 valence electrons. The molecule has 0 aliphatic rings. The summed E-state index contributed by atoms with van der Waals surface area (Å²) in [6.45, 7) is 0. The zero-order valence-electron chi connectivity index (χ0n) is 7.96. The summed E-state index contributed by atoms with van der Waals surface area (Å²) in [6, 6.07) is 5.37. The summed E-state index contributed by atoms with van der Waals surface area (Å²) in [7, 11) is 0. The fourth-order valence-corrected chi connectivity index (χ4v) is 2.18. The highest BCUT2D eigenvalue weighted by atomic mass is 35.5. The number of fused-ring (bicyclic) bond motifs is 3. The number of hydrogen-bond acceptors (Lipinski definition) is 3. The van der Waals surface area contributed by atoms with Gasteiger partial charge in [-0.15, -0.1) is 0 Å². The predicted molar refractivity (Wildman–Crippen MR) is 65.8 cm³/mol. The Hall–Kier alpha value is -1.52. The number of benzene rings is 1. The second kappa shape index (κ2) is 3.23. The van der Waals surface area contributed by atoms with E-state index < -0.39 is 0 Å². The van der Waals surface area contributed by atoms with Gasteiger partial charge in [-0.25, -0.2) is 4.98 Å². The molecule has 0 amide bonds. The number of hydrogen-bond donors (Lipinski definition) is 2. The normalized spacial score (nSPS) is 11.4. The molecule has 0 aliphatic heterocycles. The van der Waals surface area contributed by atoms with Gasteiger partial charge in [-0.05, 0) is 18.2 Å². The van der Waals surface area contributed by atoms with E-state index in [0.29, 0.717) is 21.4 Å². The molecule has 16 heavy (non-hydrogen) atoms. The van der Waals surface area contributed by atoms with Gasteiger partial charge in [0.25, 0.3) is 0 Å². The number of nitrogen functional groups attached to an aromatic ring is 1. The monoisotopic (exact) mass is 252 g/mol. The number of nitrogens with zero attached hydrogens (tertiary/aromatic N) is 2. The topological polar surface area (TPSA) is 67.6 Å². The Morgan fingerprint density at radius 3 is 2.88 bits per heavy atom. The molecule has 3 N–H and O–H groups in total. The van der Waals surface area contributed by atoms with Crippen molar-refractivity contribution >= 4 is 50.8 Å². The summed E-state index contributed by atoms with van der Waals surface area (Å²) in [5.41, 5.74) is 7.22. The molecule has 0 radical (unpaired) electrons. The van der Waals surface area contributed by atoms with E-state index in [1.807, 2.05) is 0 Å². The molecule has 6 heteroatoms. The van der Waals surface area contributed by atoms with Gasteiger partial charge >= 0.3 is 0 Å². The maximum absolute atomic E-state index is 6.04. The summed E-state index contributed by atoms with van der Waals surface area (Å²) in [5, 5.41) is 9.23. The largest absolute Gasteiger partial charge is 0.382 e. The number of halogens is 2. The predicted octanol–water partition coefficient (Wildman–Crippen LogP) is 3.00. The first-order chi connectivity index (χ1) is 7.66. The van der Waals surface area contributed by atoms with Crippen LogP contribution in [0.3, 0.4) is 0 Å². The van der Waals surface area contributed by atoms with Crippen LogP contribution >= 0.6 is 23.2 Å². The van der Waals surface area contributed by atoms with Crippen molar-refractivity contribution in [3.8, 4) is 0 Å². The Labute approximate surface area is 100 Å². The summed E-state index contributed by atoms with van der Waals surface area (Å²) in [6.07, 6.45) is 0. The van der Waals surface area contributed by atoms with Gasteiger partial charge in [-0.3, -0.25) is 5.10 Å². The van der Waals surface area contributed by atoms with Crippen LogP contribution in [0.4, 0.5) is 5.82 Å². The van der Waals surface area contributed by atoms with Gasteiger partial charge in [0.2, 0.25) is 0 Å². The van der Waals surface area contributed by atoms with E-state index in [4.69, 9.17) is 28.9 Å². The number of rotatable bonds is 0. The van der Waals surface area contributed by atoms with Crippen molar-refractivity contribution in [3.05, 3.63) is 28.4 Å². The number of aromatic amines is 1. The van der Waals surface area contributed by atoms with E-state index in [1.54, 1.807) is 18.2 Å². The zero-order chi connectivity index (χ0) is 11.3. The van der Waals surface area contributed by atoms with E-state index in [2.05, 4.69) is 15.2 Å². The second-order valence-electron chi connectivity index (χ2n) is 3.42. The van der Waals surface area contributed by atoms with Crippen LogP contribution in [0, 0.1) is 0 Å². The quantitative estimate of drug-likeness (QED) is 0.605. The average molecular weight is 253 g/mol. The molecule has 3 aromatic rings. The van der Waals surface area contributed by atoms with Crippen molar-refractivity contribution in [2.24, 2.45) is 0 Å². The van der Waals surface area contributed by atoms with Crippen molar-refractivity contribution in [1.82, 2.24) is 15.2 Å². The van der Waals surface area contributed by atoms with Gasteiger partial charge < -0.3 is 5.73 Å². The summed E-state index contributed by atoms with van der Waals surface area (Å²) < 4.78 is 0. The van der Waals surface area contributed by atoms with E-state index in [-0.39, 0.29) is 0 Å². The van der Waals surface area contributed by atoms with Crippen LogP contribution in [0.1, 0.15) is 0 Å². The Kier molecular flexibility index (Phi) is 1.96. The lowest BCUT2D eigenvalue weighted by molar-refractivity contribution is 1.13. The van der Waals surface area contributed by atoms with Gasteiger partial charge in [0, 0.05) is 10.4 Å². The van der Waals surface area contributed by atoms with E-state index in [0.717, 1.165) is 16.4 Å². The number of H-pyrrole nitrogens is 1. The van der Waals surface area contributed by atoms with Crippen molar-refractivity contribution in [2.45, 2.75) is 0 Å². The first kappa shape index (κ1) is 9.69. The van der Waals surface area contributed by atoms with E-state index in [9.17, 15) is 0 Å². The number of nitrogens with two attached hydrogens (primary N) is 1. The maximum Gasteiger partial charge on any atom is 0.156 e. The summed E-state index contributed by atoms with van der Waals surface area (Å²) >= 11 is 12.0. The Morgan fingerprint density at radius 2 is 2.06 bits per heavy atom. The van der Waals surface area contributed by atoms with Gasteiger partial charge in [0.1, 0.15) is 5.15 Å². The van der Waals surface area contributed by atoms with Crippen LogP contribution < -0.4 is 5.73 Å². The molecule has 2 aromatic heterocycles. The van der Waals surface area contributed by atoms with Gasteiger partial charge in [0.05, 0.1) is 16.4 Å². The third-order valence-electron chi connectivity index (χ3n) is 2.45. The first-order valence-electron chi connectivity index (χ1n) is 4.55. The van der Waals surface area contributed by atoms with Crippen LogP contribution in [-0.2, 0) is 0 Å². The molecule has 0 aliphatic carbocycles. The molecule has 0 fully saturated rings. The summed E-state index contributed by atoms with van der Waals surface area (Å²) in [5.74, 6) is 0.342. The van der Waals surface area contributed by atoms with Crippen LogP contribution in [-0.4, -0.2) is 15.2 Å². The molecule has 4 nitrogen and oxygen atoms in total. The lowest BCUT2D eigenvalue weighted by Gasteiger charge is -2.01. The van der Waals surface area contributed by atoms with E-state index in [1.165, 1.54) is 0 Å². The molecular weight excluding hydrogens is 247 g/mol. The van der Waals surface area contributed by atoms with Crippen molar-refractivity contribution in [1.29, 1.82) is 0 Å². The highest BCUT2D eigenvalue weighted by molar-refractivity contribution is 6.37. The van der Waals surface area contributed by atoms with Crippen molar-refractivity contribution < 1.29 is 0 Å². The van der Waals surface area contributed by atoms with Gasteiger partial charge in [-0.2, -0.15) is 5.10 Å². The molecule has 0 saturated heterocycles. The minimum Gasteiger partial charge on any atom is -0.382 e. The number of nitrogens with one attached hydrogen (secondary N) is 1. The Balaban J connectivity index is 2.61. The van der Waals surface area contributed by atoms with Crippen molar-refractivity contribution in [3.63, 3.8) is 0 Å². The van der Waals surface area contributed by atoms with Crippen molar-refractivity contribution in [2.75, 3.05) is 5.73 Å². The fraction of sp³-hybridized carbons (Fsp3) is 0. The highest BCUT2D eigenvalue weighted by Crippen LogP contribution is 2.32. The lowest BCUT2D eigenvalue weighted by Crippen LogP contribution is -1.87. The maximum atomic E-state index is 6.04. The highest BCUT2D eigenvalue weighted by Gasteiger charge is 2.12. The zero-order valence-corrected chi connectivity index (χ0v) is 9.47. The minimum atomic E-state index is 0.342. The van der Waals surface area contributed by atoms with E-state index >= 15 is 0 Å². The molecule has 0 saturated carbocycles. The Morgan fingerprint density at radius 1 is 1.25 bits per heavy atom. The minimum absolute atomic E-state index is 0.342. The van der Waals surface area contributed by atoms with Crippen LogP contribution in [0.2, 0.25) is 10.2 Å². The standard InChI is InChI=1S/C10H6Cl2N4/c11-4-1-2-6-5(3-4)8-7(9(12)14-6)10(13)16-15-8/h1-3H,(H3,13,15,16). The third-order valence-corrected chi connectivity index (χ3v) is 2.96. The molecule has 0 unspecified atom stereocenters. The first-order valence-corrected chi connectivity index (χ1v) is 5.31.